The van der Waals surface area contributed by atoms with Gasteiger partial charge in [0, 0.05) is 29.1 Å². The third kappa shape index (κ3) is 3.44. The average molecular weight is 417 g/mol. The second-order valence-corrected chi connectivity index (χ2v) is 8.01. The van der Waals surface area contributed by atoms with E-state index in [2.05, 4.69) is 78.3 Å². The highest BCUT2D eigenvalue weighted by Gasteiger charge is 2.37. The van der Waals surface area contributed by atoms with Crippen LogP contribution in [0, 0.1) is 13.8 Å². The van der Waals surface area contributed by atoms with Gasteiger partial charge in [-0.3, -0.25) is 0 Å². The van der Waals surface area contributed by atoms with Gasteiger partial charge < -0.3 is 9.47 Å². The molecule has 0 fully saturated rings. The molecule has 0 aliphatic rings. The van der Waals surface area contributed by atoms with Gasteiger partial charge in [0.15, 0.2) is 0 Å². The fraction of sp³-hybridized carbons (Fsp3) is 0.238. The molecule has 4 heteroatoms. The molecule has 0 bridgehead atoms. The number of hydrogen-bond acceptors (Lipinski definition) is 3. The first-order valence-corrected chi connectivity index (χ1v) is 9.65. The van der Waals surface area contributed by atoms with Crippen molar-refractivity contribution in [2.45, 2.75) is 19.6 Å². The van der Waals surface area contributed by atoms with E-state index in [1.807, 2.05) is 6.07 Å². The number of aryl methyl sites for hydroxylation is 2. The van der Waals surface area contributed by atoms with Gasteiger partial charge in [0.25, 0.3) is 0 Å². The van der Waals surface area contributed by atoms with Crippen molar-refractivity contribution in [3.05, 3.63) is 80.6 Å². The summed E-state index contributed by atoms with van der Waals surface area (Å²) in [4.78, 5) is 2.22. The molecule has 0 aliphatic heterocycles. The largest absolute Gasteiger partial charge is 0.345 e. The maximum Gasteiger partial charge on any atom is 0.231 e. The predicted octanol–water partition coefficient (Wildman–Crippen LogP) is 6.29. The summed E-state index contributed by atoms with van der Waals surface area (Å²) in [6.45, 7) is 4.17. The molecule has 2 aromatic carbocycles. The summed E-state index contributed by atoms with van der Waals surface area (Å²) in [5, 5.41) is 0. The van der Waals surface area contributed by atoms with E-state index in [1.54, 1.807) is 25.6 Å². The topological polar surface area (TPSA) is 18.5 Å². The minimum atomic E-state index is -0.915. The minimum Gasteiger partial charge on any atom is -0.345 e. The molecule has 0 saturated heterocycles. The minimum absolute atomic E-state index is 0.915. The van der Waals surface area contributed by atoms with Crippen molar-refractivity contribution in [2.75, 3.05) is 14.2 Å². The van der Waals surface area contributed by atoms with E-state index in [4.69, 9.17) is 9.47 Å². The van der Waals surface area contributed by atoms with Gasteiger partial charge in [-0.05, 0) is 49.2 Å². The number of hydrogen-bond donors (Lipinski definition) is 0. The number of rotatable bonds is 5. The molecule has 0 amide bonds. The molecule has 3 rings (SSSR count). The Hall–Kier alpha value is -1.46. The van der Waals surface area contributed by atoms with Crippen molar-refractivity contribution in [3.8, 4) is 10.4 Å². The molecule has 2 nitrogen and oxygen atoms in total. The molecule has 0 radical (unpaired) electrons. The molecular formula is C21H21BrO2S. The zero-order valence-electron chi connectivity index (χ0n) is 14.8. The summed E-state index contributed by atoms with van der Waals surface area (Å²) in [5.74, 6) is -0.915. The van der Waals surface area contributed by atoms with Crippen molar-refractivity contribution in [1.29, 1.82) is 0 Å². The van der Waals surface area contributed by atoms with Crippen molar-refractivity contribution in [1.82, 2.24) is 0 Å². The van der Waals surface area contributed by atoms with Crippen LogP contribution in [0.2, 0.25) is 0 Å². The molecule has 0 atom stereocenters. The van der Waals surface area contributed by atoms with Crippen LogP contribution < -0.4 is 0 Å². The van der Waals surface area contributed by atoms with Crippen molar-refractivity contribution in [2.24, 2.45) is 0 Å². The fourth-order valence-corrected chi connectivity index (χ4v) is 4.51. The summed E-state index contributed by atoms with van der Waals surface area (Å²) in [6.07, 6.45) is 0. The molecule has 0 N–H and O–H groups in total. The third-order valence-electron chi connectivity index (χ3n) is 4.40. The van der Waals surface area contributed by atoms with Crippen LogP contribution in [0.25, 0.3) is 10.4 Å². The first-order valence-electron chi connectivity index (χ1n) is 8.04. The smallest absolute Gasteiger partial charge is 0.231 e. The molecule has 0 aliphatic carbocycles. The van der Waals surface area contributed by atoms with E-state index in [-0.39, 0.29) is 0 Å². The van der Waals surface area contributed by atoms with Gasteiger partial charge in [0.05, 0.1) is 4.88 Å². The van der Waals surface area contributed by atoms with Gasteiger partial charge in [-0.15, -0.1) is 11.3 Å². The molecule has 1 heterocycles. The average Bonchev–Trinajstić information content (AvgIpc) is 3.10. The van der Waals surface area contributed by atoms with E-state index >= 15 is 0 Å². The van der Waals surface area contributed by atoms with Crippen LogP contribution in [0.1, 0.15) is 21.6 Å². The van der Waals surface area contributed by atoms with Crippen LogP contribution >= 0.6 is 27.3 Å². The maximum absolute atomic E-state index is 5.93. The van der Waals surface area contributed by atoms with E-state index in [1.165, 1.54) is 16.0 Å². The molecule has 0 unspecified atom stereocenters. The molecular weight excluding hydrogens is 396 g/mol. The second kappa shape index (κ2) is 7.42. The normalized spacial score (nSPS) is 11.7. The highest BCUT2D eigenvalue weighted by atomic mass is 79.9. The molecule has 0 saturated carbocycles. The quantitative estimate of drug-likeness (QED) is 0.455. The Morgan fingerprint density at radius 2 is 1.56 bits per heavy atom. The first kappa shape index (κ1) is 18.3. The van der Waals surface area contributed by atoms with Gasteiger partial charge in [0.2, 0.25) is 5.79 Å². The van der Waals surface area contributed by atoms with Gasteiger partial charge in [-0.25, -0.2) is 0 Å². The fourth-order valence-electron chi connectivity index (χ4n) is 2.97. The summed E-state index contributed by atoms with van der Waals surface area (Å²) < 4.78 is 12.9. The lowest BCUT2D eigenvalue weighted by molar-refractivity contribution is -0.181. The second-order valence-electron chi connectivity index (χ2n) is 6.01. The summed E-state index contributed by atoms with van der Waals surface area (Å²) in [7, 11) is 3.38. The van der Waals surface area contributed by atoms with Crippen molar-refractivity contribution >= 4 is 27.3 Å². The number of ether oxygens (including phenoxy) is 2. The van der Waals surface area contributed by atoms with Gasteiger partial charge in [0.1, 0.15) is 0 Å². The lowest BCUT2D eigenvalue weighted by Gasteiger charge is -2.31. The van der Waals surface area contributed by atoms with Crippen LogP contribution in [-0.4, -0.2) is 14.2 Å². The van der Waals surface area contributed by atoms with E-state index in [0.717, 1.165) is 20.5 Å². The van der Waals surface area contributed by atoms with Gasteiger partial charge >= 0.3 is 0 Å². The van der Waals surface area contributed by atoms with Crippen LogP contribution in [0.5, 0.6) is 0 Å². The highest BCUT2D eigenvalue weighted by Crippen LogP contribution is 2.42. The SMILES string of the molecule is COC(OC)(c1ccc(-c2ccc(C)cc2)s1)c1cc(Br)ccc1C. The molecule has 130 valence electrons. The number of thiophene rings is 1. The summed E-state index contributed by atoms with van der Waals surface area (Å²) in [6, 6.07) is 18.9. The molecule has 0 spiro atoms. The van der Waals surface area contributed by atoms with Gasteiger partial charge in [-0.1, -0.05) is 51.8 Å². The van der Waals surface area contributed by atoms with Crippen LogP contribution in [0.15, 0.2) is 59.1 Å². The molecule has 1 aromatic heterocycles. The zero-order valence-corrected chi connectivity index (χ0v) is 17.2. The van der Waals surface area contributed by atoms with Crippen molar-refractivity contribution < 1.29 is 9.47 Å². The predicted molar refractivity (Wildman–Crippen MR) is 108 cm³/mol. The van der Waals surface area contributed by atoms with E-state index in [0.29, 0.717) is 0 Å². The lowest BCUT2D eigenvalue weighted by Crippen LogP contribution is -2.32. The Kier molecular flexibility index (Phi) is 5.44. The number of benzene rings is 2. The number of methoxy groups -OCH3 is 2. The van der Waals surface area contributed by atoms with Crippen LogP contribution in [0.4, 0.5) is 0 Å². The van der Waals surface area contributed by atoms with Crippen molar-refractivity contribution in [3.63, 3.8) is 0 Å². The monoisotopic (exact) mass is 416 g/mol. The number of halogens is 1. The third-order valence-corrected chi connectivity index (χ3v) is 6.11. The Bertz CT molecular complexity index is 864. The van der Waals surface area contributed by atoms with Crippen LogP contribution in [-0.2, 0) is 15.3 Å². The Balaban J connectivity index is 2.10. The summed E-state index contributed by atoms with van der Waals surface area (Å²) >= 11 is 5.25. The van der Waals surface area contributed by atoms with Gasteiger partial charge in [-0.2, -0.15) is 0 Å². The standard InChI is InChI=1S/C21H21BrO2S/c1-14-5-8-16(9-6-14)19-11-12-20(25-19)21(23-3,24-4)18-13-17(22)10-7-15(18)2/h5-13H,1-4H3. The Morgan fingerprint density at radius 1 is 0.880 bits per heavy atom. The zero-order chi connectivity index (χ0) is 18.0. The first-order chi connectivity index (χ1) is 12.0. The van der Waals surface area contributed by atoms with E-state index < -0.39 is 5.79 Å². The molecule has 25 heavy (non-hydrogen) atoms. The summed E-state index contributed by atoms with van der Waals surface area (Å²) in [5.41, 5.74) is 4.59. The van der Waals surface area contributed by atoms with Crippen LogP contribution in [0.3, 0.4) is 0 Å². The van der Waals surface area contributed by atoms with E-state index in [9.17, 15) is 0 Å². The molecule has 3 aromatic rings. The highest BCUT2D eigenvalue weighted by molar-refractivity contribution is 9.10. The lowest BCUT2D eigenvalue weighted by atomic mass is 9.98. The Morgan fingerprint density at radius 3 is 2.20 bits per heavy atom. The maximum atomic E-state index is 5.93. The Labute approximate surface area is 161 Å².